The lowest BCUT2D eigenvalue weighted by atomic mass is 9.91. The number of carbonyl (C=O) groups excluding carboxylic acids is 1. The van der Waals surface area contributed by atoms with Crippen molar-refractivity contribution in [1.29, 1.82) is 0 Å². The number of rotatable bonds is 3. The largest absolute Gasteiger partial charge is 0.352 e. The molecule has 7 nitrogen and oxygen atoms in total. The first-order chi connectivity index (χ1) is 8.86. The second-order valence-corrected chi connectivity index (χ2v) is 7.15. The Balaban J connectivity index is 1.82. The third kappa shape index (κ3) is 3.88. The van der Waals surface area contributed by atoms with Crippen LogP contribution in [0.5, 0.6) is 0 Å². The Hall–Kier alpha value is -0.700. The van der Waals surface area contributed by atoms with E-state index in [0.29, 0.717) is 0 Å². The fraction of sp³-hybridized carbons (Fsp3) is 0.909. The molecule has 0 aromatic heterocycles. The van der Waals surface area contributed by atoms with E-state index in [-0.39, 0.29) is 31.0 Å². The molecule has 0 aromatic rings. The topological polar surface area (TPSA) is 122 Å². The molecular weight excluding hydrogens is 270 g/mol. The highest BCUT2D eigenvalue weighted by atomic mass is 32.2. The summed E-state index contributed by atoms with van der Waals surface area (Å²) < 4.78 is 30.9. The monoisotopic (exact) mass is 291 g/mol. The predicted molar refractivity (Wildman–Crippen MR) is 70.1 cm³/mol. The smallest absolute Gasteiger partial charge is 0.269 e. The van der Waals surface area contributed by atoms with Gasteiger partial charge in [0.15, 0.2) is 0 Å². The van der Waals surface area contributed by atoms with E-state index in [9.17, 15) is 13.2 Å². The molecule has 1 heterocycles. The summed E-state index contributed by atoms with van der Waals surface area (Å²) in [7, 11) is -4.07. The molecule has 0 unspecified atom stereocenters. The van der Waals surface area contributed by atoms with Crippen molar-refractivity contribution in [3.63, 3.8) is 0 Å². The Labute approximate surface area is 113 Å². The van der Waals surface area contributed by atoms with E-state index in [1.807, 2.05) is 0 Å². The molecule has 1 aliphatic carbocycles. The van der Waals surface area contributed by atoms with Crippen LogP contribution in [0.4, 0.5) is 0 Å². The molecule has 0 spiro atoms. The Bertz CT molecular complexity index is 431. The van der Waals surface area contributed by atoms with Gasteiger partial charge in [-0.3, -0.25) is 9.35 Å². The zero-order chi connectivity index (χ0) is 14.0. The van der Waals surface area contributed by atoms with E-state index >= 15 is 0 Å². The van der Waals surface area contributed by atoms with Gasteiger partial charge in [0.1, 0.15) is 5.25 Å². The number of hydrogen-bond acceptors (Lipinski definition) is 5. The normalized spacial score (nSPS) is 36.1. The van der Waals surface area contributed by atoms with Gasteiger partial charge in [-0.05, 0) is 32.1 Å². The van der Waals surface area contributed by atoms with Gasteiger partial charge in [-0.1, -0.05) is 0 Å². The summed E-state index contributed by atoms with van der Waals surface area (Å²) in [6.07, 6.45) is 3.65. The van der Waals surface area contributed by atoms with Crippen LogP contribution in [0, 0.1) is 0 Å². The molecule has 0 radical (unpaired) electrons. The fourth-order valence-corrected chi connectivity index (χ4v) is 3.44. The summed E-state index contributed by atoms with van der Waals surface area (Å²) in [5.41, 5.74) is 5.80. The number of nitrogens with one attached hydrogen (secondary N) is 2. The van der Waals surface area contributed by atoms with Crippen molar-refractivity contribution in [2.45, 2.75) is 55.5 Å². The van der Waals surface area contributed by atoms with Crippen molar-refractivity contribution in [3.05, 3.63) is 0 Å². The van der Waals surface area contributed by atoms with Crippen LogP contribution in [-0.4, -0.2) is 48.8 Å². The molecule has 8 heteroatoms. The van der Waals surface area contributed by atoms with E-state index < -0.39 is 21.4 Å². The third-order valence-electron chi connectivity index (χ3n) is 3.95. The maximum Gasteiger partial charge on any atom is 0.269 e. The van der Waals surface area contributed by atoms with Gasteiger partial charge in [0.2, 0.25) is 5.91 Å². The summed E-state index contributed by atoms with van der Waals surface area (Å²) in [5, 5.41) is 4.87. The lowest BCUT2D eigenvalue weighted by molar-refractivity contribution is -0.123. The molecule has 1 saturated heterocycles. The molecule has 2 aliphatic rings. The van der Waals surface area contributed by atoms with Crippen molar-refractivity contribution in [1.82, 2.24) is 10.6 Å². The summed E-state index contributed by atoms with van der Waals surface area (Å²) in [4.78, 5) is 12.0. The molecule has 0 aromatic carbocycles. The molecule has 5 N–H and O–H groups in total. The number of hydrogen-bond donors (Lipinski definition) is 4. The second-order valence-electron chi connectivity index (χ2n) is 5.45. The lowest BCUT2D eigenvalue weighted by Crippen LogP contribution is -2.47. The molecule has 2 rings (SSSR count). The van der Waals surface area contributed by atoms with Crippen molar-refractivity contribution >= 4 is 16.0 Å². The summed E-state index contributed by atoms with van der Waals surface area (Å²) >= 11 is 0. The Morgan fingerprint density at radius 1 is 1.26 bits per heavy atom. The molecule has 1 aliphatic heterocycles. The van der Waals surface area contributed by atoms with E-state index in [4.69, 9.17) is 10.3 Å². The molecule has 1 amide bonds. The number of nitrogens with two attached hydrogens (primary N) is 1. The highest BCUT2D eigenvalue weighted by Gasteiger charge is 2.36. The van der Waals surface area contributed by atoms with E-state index in [2.05, 4.69) is 10.6 Å². The van der Waals surface area contributed by atoms with E-state index in [1.165, 1.54) is 0 Å². The van der Waals surface area contributed by atoms with Gasteiger partial charge in [0, 0.05) is 18.6 Å². The van der Waals surface area contributed by atoms with Gasteiger partial charge in [-0.15, -0.1) is 0 Å². The minimum absolute atomic E-state index is 0.118. The Morgan fingerprint density at radius 3 is 2.42 bits per heavy atom. The van der Waals surface area contributed by atoms with Crippen LogP contribution in [0.15, 0.2) is 0 Å². The maximum absolute atomic E-state index is 12.0. The first kappa shape index (κ1) is 14.7. The van der Waals surface area contributed by atoms with Gasteiger partial charge in [-0.25, -0.2) is 0 Å². The van der Waals surface area contributed by atoms with E-state index in [1.54, 1.807) is 0 Å². The molecule has 2 fully saturated rings. The predicted octanol–water partition coefficient (Wildman–Crippen LogP) is -1.01. The van der Waals surface area contributed by atoms with Crippen molar-refractivity contribution in [2.24, 2.45) is 5.73 Å². The minimum atomic E-state index is -4.07. The molecule has 110 valence electrons. The van der Waals surface area contributed by atoms with Gasteiger partial charge < -0.3 is 16.4 Å². The van der Waals surface area contributed by atoms with Gasteiger partial charge in [0.05, 0.1) is 6.04 Å². The average molecular weight is 291 g/mol. The summed E-state index contributed by atoms with van der Waals surface area (Å²) in [5.74, 6) is -0.188. The Morgan fingerprint density at radius 2 is 1.89 bits per heavy atom. The number of carbonyl (C=O) groups is 1. The van der Waals surface area contributed by atoms with Crippen LogP contribution in [-0.2, 0) is 14.9 Å². The average Bonchev–Trinajstić information content (AvgIpc) is 2.81. The lowest BCUT2D eigenvalue weighted by Gasteiger charge is -2.27. The highest BCUT2D eigenvalue weighted by Crippen LogP contribution is 2.18. The third-order valence-corrected chi connectivity index (χ3v) is 5.15. The summed E-state index contributed by atoms with van der Waals surface area (Å²) in [6, 6.07) is -0.192. The SMILES string of the molecule is N[C@H]1CC[C@H](NC(=O)[C@@H]2C[C@H](S(=O)(=O)O)CN2)CC1. The maximum atomic E-state index is 12.0. The van der Waals surface area contributed by atoms with Crippen LogP contribution in [0.2, 0.25) is 0 Å². The first-order valence-electron chi connectivity index (χ1n) is 6.62. The molecule has 19 heavy (non-hydrogen) atoms. The molecular formula is C11H21N3O4S. The minimum Gasteiger partial charge on any atom is -0.352 e. The zero-order valence-corrected chi connectivity index (χ0v) is 11.5. The van der Waals surface area contributed by atoms with Crippen molar-refractivity contribution in [2.75, 3.05) is 6.54 Å². The zero-order valence-electron chi connectivity index (χ0n) is 10.7. The van der Waals surface area contributed by atoms with Crippen LogP contribution in [0.3, 0.4) is 0 Å². The van der Waals surface area contributed by atoms with Gasteiger partial charge in [0.25, 0.3) is 10.1 Å². The van der Waals surface area contributed by atoms with Crippen molar-refractivity contribution < 1.29 is 17.8 Å². The number of amides is 1. The molecule has 1 saturated carbocycles. The van der Waals surface area contributed by atoms with E-state index in [0.717, 1.165) is 25.7 Å². The quantitative estimate of drug-likeness (QED) is 0.494. The van der Waals surface area contributed by atoms with Crippen LogP contribution < -0.4 is 16.4 Å². The van der Waals surface area contributed by atoms with Crippen LogP contribution in [0.1, 0.15) is 32.1 Å². The summed E-state index contributed by atoms with van der Waals surface area (Å²) in [6.45, 7) is 0.118. The van der Waals surface area contributed by atoms with Gasteiger partial charge >= 0.3 is 0 Å². The standard InChI is InChI=1S/C11H21N3O4S/c12-7-1-3-8(4-2-7)14-11(15)10-5-9(6-13-10)19(16,17)18/h7-10,13H,1-6,12H2,(H,14,15)(H,16,17,18)/t7-,8-,9-,10-/m0/s1. The van der Waals surface area contributed by atoms with Crippen LogP contribution in [0.25, 0.3) is 0 Å². The van der Waals surface area contributed by atoms with Crippen LogP contribution >= 0.6 is 0 Å². The molecule has 0 bridgehead atoms. The molecule has 2 atom stereocenters. The first-order valence-corrected chi connectivity index (χ1v) is 8.12. The van der Waals surface area contributed by atoms with Crippen molar-refractivity contribution in [3.8, 4) is 0 Å². The second kappa shape index (κ2) is 5.74. The van der Waals surface area contributed by atoms with Gasteiger partial charge in [-0.2, -0.15) is 8.42 Å². The highest BCUT2D eigenvalue weighted by molar-refractivity contribution is 7.86. The fourth-order valence-electron chi connectivity index (χ4n) is 2.70. The Kier molecular flexibility index (Phi) is 4.44.